The lowest BCUT2D eigenvalue weighted by molar-refractivity contribution is -0.384. The molecule has 7 heteroatoms. The van der Waals surface area contributed by atoms with E-state index in [1.807, 2.05) is 45.0 Å². The van der Waals surface area contributed by atoms with Gasteiger partial charge in [0.2, 0.25) is 0 Å². The van der Waals surface area contributed by atoms with Crippen molar-refractivity contribution in [2.24, 2.45) is 0 Å². The Morgan fingerprint density at radius 1 is 1.04 bits per heavy atom. The number of nitrogens with one attached hydrogen (secondary N) is 1. The van der Waals surface area contributed by atoms with E-state index in [0.29, 0.717) is 5.75 Å². The van der Waals surface area contributed by atoms with Crippen LogP contribution in [0.2, 0.25) is 0 Å². The molecular weight excluding hydrogens is 336 g/mol. The molecule has 0 aliphatic rings. The molecule has 1 unspecified atom stereocenters. The van der Waals surface area contributed by atoms with E-state index < -0.39 is 4.92 Å². The number of hydrogen-bond acceptors (Lipinski definition) is 5. The molecule has 2 rings (SSSR count). The monoisotopic (exact) mass is 358 g/mol. The van der Waals surface area contributed by atoms with Gasteiger partial charge in [0.15, 0.2) is 6.61 Å². The van der Waals surface area contributed by atoms with Gasteiger partial charge in [0.1, 0.15) is 11.5 Å². The average Bonchev–Trinajstić information content (AvgIpc) is 2.60. The summed E-state index contributed by atoms with van der Waals surface area (Å²) in [6.07, 6.45) is 0.106. The Labute approximate surface area is 152 Å². The maximum absolute atomic E-state index is 12.0. The van der Waals surface area contributed by atoms with Crippen LogP contribution in [-0.2, 0) is 4.79 Å². The van der Waals surface area contributed by atoms with Crippen molar-refractivity contribution in [3.63, 3.8) is 0 Å². The van der Waals surface area contributed by atoms with Gasteiger partial charge >= 0.3 is 0 Å². The smallest absolute Gasteiger partial charge is 0.269 e. The molecule has 1 atom stereocenters. The van der Waals surface area contributed by atoms with Gasteiger partial charge in [0.05, 0.1) is 17.1 Å². The quantitative estimate of drug-likeness (QED) is 0.575. The summed E-state index contributed by atoms with van der Waals surface area (Å²) in [7, 11) is 0. The Bertz CT molecular complexity index is 742. The third-order valence-corrected chi connectivity index (χ3v) is 3.55. The van der Waals surface area contributed by atoms with E-state index in [2.05, 4.69) is 5.32 Å². The highest BCUT2D eigenvalue weighted by atomic mass is 16.6. The highest BCUT2D eigenvalue weighted by Gasteiger charge is 2.11. The summed E-state index contributed by atoms with van der Waals surface area (Å²) >= 11 is 0. The Kier molecular flexibility index (Phi) is 6.54. The van der Waals surface area contributed by atoms with Gasteiger partial charge in [-0.15, -0.1) is 0 Å². The van der Waals surface area contributed by atoms with Gasteiger partial charge in [-0.2, -0.15) is 0 Å². The Morgan fingerprint density at radius 2 is 1.62 bits per heavy atom. The second-order valence-electron chi connectivity index (χ2n) is 6.06. The zero-order valence-corrected chi connectivity index (χ0v) is 15.0. The second-order valence-corrected chi connectivity index (χ2v) is 6.06. The third kappa shape index (κ3) is 5.77. The summed E-state index contributed by atoms with van der Waals surface area (Å²) in [4.78, 5) is 22.1. The lowest BCUT2D eigenvalue weighted by atomic mass is 10.1. The molecule has 0 spiro atoms. The summed E-state index contributed by atoms with van der Waals surface area (Å²) in [6.45, 7) is 5.63. The summed E-state index contributed by atoms with van der Waals surface area (Å²) in [5.41, 5.74) is 0.921. The minimum atomic E-state index is -0.490. The van der Waals surface area contributed by atoms with Crippen LogP contribution >= 0.6 is 0 Å². The summed E-state index contributed by atoms with van der Waals surface area (Å²) in [5, 5.41) is 13.4. The number of nitro benzene ring substituents is 1. The van der Waals surface area contributed by atoms with Crippen molar-refractivity contribution in [1.82, 2.24) is 5.32 Å². The maximum atomic E-state index is 12.0. The molecule has 0 heterocycles. The lowest BCUT2D eigenvalue weighted by Crippen LogP contribution is -2.31. The minimum Gasteiger partial charge on any atom is -0.491 e. The predicted octanol–water partition coefficient (Wildman–Crippen LogP) is 3.64. The van der Waals surface area contributed by atoms with E-state index in [-0.39, 0.29) is 30.3 Å². The Balaban J connectivity index is 1.83. The van der Waals surface area contributed by atoms with Gasteiger partial charge in [0, 0.05) is 12.1 Å². The molecular formula is C19H22N2O5. The van der Waals surface area contributed by atoms with Crippen LogP contribution in [-0.4, -0.2) is 23.5 Å². The predicted molar refractivity (Wildman–Crippen MR) is 97.4 cm³/mol. The van der Waals surface area contributed by atoms with Crippen LogP contribution in [0.5, 0.6) is 11.5 Å². The van der Waals surface area contributed by atoms with Gasteiger partial charge < -0.3 is 14.8 Å². The first-order valence-electron chi connectivity index (χ1n) is 8.28. The van der Waals surface area contributed by atoms with E-state index in [1.165, 1.54) is 24.3 Å². The van der Waals surface area contributed by atoms with Crippen LogP contribution < -0.4 is 14.8 Å². The van der Waals surface area contributed by atoms with Gasteiger partial charge in [-0.1, -0.05) is 12.1 Å². The van der Waals surface area contributed by atoms with E-state index in [4.69, 9.17) is 9.47 Å². The zero-order chi connectivity index (χ0) is 19.1. The largest absolute Gasteiger partial charge is 0.491 e. The Morgan fingerprint density at radius 3 is 2.15 bits per heavy atom. The van der Waals surface area contributed by atoms with Crippen molar-refractivity contribution in [1.29, 1.82) is 0 Å². The van der Waals surface area contributed by atoms with Gasteiger partial charge in [-0.25, -0.2) is 0 Å². The number of non-ortho nitro benzene ring substituents is 1. The van der Waals surface area contributed by atoms with Gasteiger partial charge in [-0.3, -0.25) is 14.9 Å². The topological polar surface area (TPSA) is 90.7 Å². The lowest BCUT2D eigenvalue weighted by Gasteiger charge is -2.16. The molecule has 0 saturated carbocycles. The first kappa shape index (κ1) is 19.2. The van der Waals surface area contributed by atoms with Crippen molar-refractivity contribution in [2.45, 2.75) is 32.9 Å². The van der Waals surface area contributed by atoms with E-state index in [1.54, 1.807) is 0 Å². The summed E-state index contributed by atoms with van der Waals surface area (Å²) in [5.74, 6) is 0.899. The number of amides is 1. The van der Waals surface area contributed by atoms with E-state index in [0.717, 1.165) is 11.3 Å². The number of carbonyl (C=O) groups excluding carboxylic acids is 1. The normalized spacial score (nSPS) is 11.7. The first-order valence-corrected chi connectivity index (χ1v) is 8.28. The highest BCUT2D eigenvalue weighted by molar-refractivity contribution is 5.78. The average molecular weight is 358 g/mol. The highest BCUT2D eigenvalue weighted by Crippen LogP contribution is 2.19. The number of nitro groups is 1. The molecule has 2 aromatic carbocycles. The van der Waals surface area contributed by atoms with Crippen LogP contribution in [0.15, 0.2) is 48.5 Å². The third-order valence-electron chi connectivity index (χ3n) is 3.55. The number of nitrogens with zero attached hydrogens (tertiary/aromatic N) is 1. The van der Waals surface area contributed by atoms with Gasteiger partial charge in [0.25, 0.3) is 11.6 Å². The molecule has 26 heavy (non-hydrogen) atoms. The van der Waals surface area contributed by atoms with Crippen LogP contribution in [0.1, 0.15) is 32.4 Å². The molecule has 2 aromatic rings. The van der Waals surface area contributed by atoms with Crippen LogP contribution in [0, 0.1) is 10.1 Å². The summed E-state index contributed by atoms with van der Waals surface area (Å²) in [6, 6.07) is 12.9. The van der Waals surface area contributed by atoms with Crippen molar-refractivity contribution in [3.8, 4) is 11.5 Å². The minimum absolute atomic E-state index is 0.0275. The van der Waals surface area contributed by atoms with Crippen molar-refractivity contribution >= 4 is 11.6 Å². The fourth-order valence-electron chi connectivity index (χ4n) is 2.29. The molecule has 0 radical (unpaired) electrons. The zero-order valence-electron chi connectivity index (χ0n) is 15.0. The molecule has 0 fully saturated rings. The molecule has 0 aliphatic heterocycles. The van der Waals surface area contributed by atoms with Crippen molar-refractivity contribution in [2.75, 3.05) is 6.61 Å². The molecule has 0 saturated heterocycles. The van der Waals surface area contributed by atoms with E-state index in [9.17, 15) is 14.9 Å². The SMILES string of the molecule is CC(C)Oc1ccc(C(C)NC(=O)COc2ccc([N+](=O)[O-])cc2)cc1. The van der Waals surface area contributed by atoms with Gasteiger partial charge in [-0.05, 0) is 50.6 Å². The summed E-state index contributed by atoms with van der Waals surface area (Å²) < 4.78 is 10.9. The van der Waals surface area contributed by atoms with Crippen LogP contribution in [0.25, 0.3) is 0 Å². The number of carbonyl (C=O) groups is 1. The van der Waals surface area contributed by atoms with E-state index >= 15 is 0 Å². The molecule has 1 amide bonds. The molecule has 0 aromatic heterocycles. The van der Waals surface area contributed by atoms with Crippen LogP contribution in [0.3, 0.4) is 0 Å². The maximum Gasteiger partial charge on any atom is 0.269 e. The second kappa shape index (κ2) is 8.84. The number of benzene rings is 2. The molecule has 0 bridgehead atoms. The molecule has 0 aliphatic carbocycles. The number of rotatable bonds is 8. The van der Waals surface area contributed by atoms with Crippen molar-refractivity contribution in [3.05, 3.63) is 64.2 Å². The number of hydrogen-bond donors (Lipinski definition) is 1. The Hall–Kier alpha value is -3.09. The number of ether oxygens (including phenoxy) is 2. The fraction of sp³-hybridized carbons (Fsp3) is 0.316. The molecule has 1 N–H and O–H groups in total. The van der Waals surface area contributed by atoms with Crippen molar-refractivity contribution < 1.29 is 19.2 Å². The fourth-order valence-corrected chi connectivity index (χ4v) is 2.29. The standard InChI is InChI=1S/C19H22N2O5/c1-13(2)26-18-8-4-15(5-9-18)14(3)20-19(22)12-25-17-10-6-16(7-11-17)21(23)24/h4-11,13-14H,12H2,1-3H3,(H,20,22). The first-order chi connectivity index (χ1) is 12.3. The molecule has 7 nitrogen and oxygen atoms in total. The van der Waals surface area contributed by atoms with Crippen LogP contribution in [0.4, 0.5) is 5.69 Å². The molecule has 138 valence electrons.